The molecule has 6 heteroatoms. The van der Waals surface area contributed by atoms with Crippen molar-refractivity contribution in [2.75, 3.05) is 0 Å². The molecule has 1 heterocycles. The first-order chi connectivity index (χ1) is 12.2. The van der Waals surface area contributed by atoms with E-state index >= 15 is 0 Å². The number of thioether (sulfide) groups is 1. The molecule has 4 nitrogen and oxygen atoms in total. The molecule has 1 aromatic heterocycles. The summed E-state index contributed by atoms with van der Waals surface area (Å²) >= 11 is 7.45. The molecule has 0 fully saturated rings. The van der Waals surface area contributed by atoms with E-state index in [1.165, 1.54) is 11.8 Å². The molecule has 0 aliphatic rings. The number of phenolic OH excluding ortho intramolecular Hbond substituents is 1. The summed E-state index contributed by atoms with van der Waals surface area (Å²) < 4.78 is 1.61. The van der Waals surface area contributed by atoms with Gasteiger partial charge in [-0.3, -0.25) is 0 Å². The summed E-state index contributed by atoms with van der Waals surface area (Å²) in [6.45, 7) is 6.52. The summed E-state index contributed by atoms with van der Waals surface area (Å²) in [5.41, 5.74) is 1.97. The lowest BCUT2D eigenvalue weighted by atomic mass is 10.2. The first kappa shape index (κ1) is 18.7. The Bertz CT molecular complexity index is 971. The van der Waals surface area contributed by atoms with Gasteiger partial charge < -0.3 is 14.8 Å². The van der Waals surface area contributed by atoms with Gasteiger partial charge in [-0.15, -0.1) is 11.8 Å². The number of aromatic nitrogens is 1. The average Bonchev–Trinajstić information content (AvgIpc) is 2.81. The Labute approximate surface area is 161 Å². The first-order valence-electron chi connectivity index (χ1n) is 8.17. The van der Waals surface area contributed by atoms with Crippen molar-refractivity contribution in [1.29, 1.82) is 0 Å². The van der Waals surface area contributed by atoms with Crippen LogP contribution in [0.15, 0.2) is 47.4 Å². The number of aromatic carboxylic acids is 1. The van der Waals surface area contributed by atoms with Gasteiger partial charge in [0.25, 0.3) is 0 Å². The van der Waals surface area contributed by atoms with E-state index in [0.717, 1.165) is 16.5 Å². The van der Waals surface area contributed by atoms with E-state index in [9.17, 15) is 15.0 Å². The molecule has 2 aromatic carbocycles. The minimum atomic E-state index is -0.985. The van der Waals surface area contributed by atoms with Crippen LogP contribution in [-0.2, 0) is 6.54 Å². The Morgan fingerprint density at radius 1 is 1.15 bits per heavy atom. The molecule has 3 aromatic rings. The van der Waals surface area contributed by atoms with Crippen LogP contribution in [0.5, 0.6) is 5.75 Å². The summed E-state index contributed by atoms with van der Waals surface area (Å²) in [6.07, 6.45) is 0. The van der Waals surface area contributed by atoms with Crippen LogP contribution < -0.4 is 0 Å². The van der Waals surface area contributed by atoms with Crippen molar-refractivity contribution in [1.82, 2.24) is 4.57 Å². The van der Waals surface area contributed by atoms with E-state index in [0.29, 0.717) is 16.5 Å². The molecule has 26 heavy (non-hydrogen) atoms. The number of halogens is 1. The monoisotopic (exact) mass is 389 g/mol. The van der Waals surface area contributed by atoms with Gasteiger partial charge in [-0.25, -0.2) is 4.79 Å². The molecule has 0 atom stereocenters. The maximum absolute atomic E-state index is 12.1. The molecular formula is C20H20ClNO3S. The van der Waals surface area contributed by atoms with Crippen molar-refractivity contribution in [2.24, 2.45) is 0 Å². The molecule has 3 rings (SSSR count). The van der Waals surface area contributed by atoms with Gasteiger partial charge in [0.2, 0.25) is 0 Å². The highest BCUT2D eigenvalue weighted by Crippen LogP contribution is 2.42. The van der Waals surface area contributed by atoms with Gasteiger partial charge in [-0.1, -0.05) is 44.5 Å². The van der Waals surface area contributed by atoms with Crippen LogP contribution in [0.4, 0.5) is 0 Å². The number of hydrogen-bond donors (Lipinski definition) is 2. The smallest absolute Gasteiger partial charge is 0.353 e. The van der Waals surface area contributed by atoms with Crippen LogP contribution in [-0.4, -0.2) is 25.5 Å². The number of aromatic hydroxyl groups is 1. The van der Waals surface area contributed by atoms with Gasteiger partial charge in [0.05, 0.1) is 5.52 Å². The van der Waals surface area contributed by atoms with Crippen molar-refractivity contribution < 1.29 is 15.0 Å². The van der Waals surface area contributed by atoms with Crippen LogP contribution in [0.25, 0.3) is 10.9 Å². The van der Waals surface area contributed by atoms with Gasteiger partial charge >= 0.3 is 5.97 Å². The molecule has 0 bridgehead atoms. The summed E-state index contributed by atoms with van der Waals surface area (Å²) in [7, 11) is 0. The maximum Gasteiger partial charge on any atom is 0.353 e. The predicted octanol–water partition coefficient (Wildman–Crippen LogP) is 5.64. The highest BCUT2D eigenvalue weighted by Gasteiger charge is 2.26. The van der Waals surface area contributed by atoms with E-state index in [4.69, 9.17) is 11.6 Å². The predicted molar refractivity (Wildman–Crippen MR) is 107 cm³/mol. The summed E-state index contributed by atoms with van der Waals surface area (Å²) in [4.78, 5) is 12.8. The molecule has 0 unspecified atom stereocenters. The molecule has 0 amide bonds. The molecule has 0 spiro atoms. The van der Waals surface area contributed by atoms with Crippen molar-refractivity contribution >= 4 is 40.2 Å². The topological polar surface area (TPSA) is 62.5 Å². The van der Waals surface area contributed by atoms with Crippen LogP contribution >= 0.6 is 23.4 Å². The number of phenols is 1. The molecule has 0 aliphatic heterocycles. The van der Waals surface area contributed by atoms with E-state index in [-0.39, 0.29) is 16.2 Å². The average molecular weight is 390 g/mol. The fourth-order valence-electron chi connectivity index (χ4n) is 2.87. The van der Waals surface area contributed by atoms with Crippen molar-refractivity contribution in [3.63, 3.8) is 0 Å². The number of carboxylic acid groups (broad SMARTS) is 1. The second-order valence-electron chi connectivity index (χ2n) is 7.11. The molecule has 2 N–H and O–H groups in total. The molecule has 0 saturated carbocycles. The second-order valence-corrected chi connectivity index (χ2v) is 9.38. The van der Waals surface area contributed by atoms with Crippen LogP contribution in [0.3, 0.4) is 0 Å². The number of hydrogen-bond acceptors (Lipinski definition) is 3. The lowest BCUT2D eigenvalue weighted by Gasteiger charge is -2.18. The number of benzene rings is 2. The number of fused-ring (bicyclic) bond motifs is 1. The molecular weight excluding hydrogens is 370 g/mol. The fourth-order valence-corrected chi connectivity index (χ4v) is 4.18. The summed E-state index contributed by atoms with van der Waals surface area (Å²) in [5.74, 6) is -0.866. The van der Waals surface area contributed by atoms with E-state index in [1.54, 1.807) is 34.9 Å². The zero-order valence-electron chi connectivity index (χ0n) is 14.8. The van der Waals surface area contributed by atoms with Gasteiger partial charge in [0.1, 0.15) is 11.4 Å². The molecule has 0 aliphatic carbocycles. The quantitative estimate of drug-likeness (QED) is 0.567. The zero-order valence-corrected chi connectivity index (χ0v) is 16.4. The van der Waals surface area contributed by atoms with Crippen molar-refractivity contribution in [3.8, 4) is 5.75 Å². The van der Waals surface area contributed by atoms with Gasteiger partial charge in [-0.2, -0.15) is 0 Å². The summed E-state index contributed by atoms with van der Waals surface area (Å²) in [5, 5.41) is 21.2. The Kier molecular flexibility index (Phi) is 4.95. The number of carbonyl (C=O) groups is 1. The van der Waals surface area contributed by atoms with Crippen molar-refractivity contribution in [3.05, 3.63) is 58.7 Å². The lowest BCUT2D eigenvalue weighted by Crippen LogP contribution is -2.13. The fraction of sp³-hybridized carbons (Fsp3) is 0.250. The van der Waals surface area contributed by atoms with Crippen LogP contribution in [0, 0.1) is 0 Å². The maximum atomic E-state index is 12.1. The highest BCUT2D eigenvalue weighted by atomic mass is 35.5. The van der Waals surface area contributed by atoms with Crippen LogP contribution in [0.2, 0.25) is 5.02 Å². The Balaban J connectivity index is 2.24. The minimum absolute atomic E-state index is 0.119. The molecule has 136 valence electrons. The normalized spacial score (nSPS) is 11.8. The third-order valence-electron chi connectivity index (χ3n) is 3.87. The zero-order chi connectivity index (χ0) is 19.1. The highest BCUT2D eigenvalue weighted by molar-refractivity contribution is 8.00. The largest absolute Gasteiger partial charge is 0.508 e. The minimum Gasteiger partial charge on any atom is -0.508 e. The SMILES string of the molecule is CC(C)(C)Sc1c(C(=O)O)n(Cc2ccc(Cl)cc2)c2ccc(O)cc12. The number of rotatable bonds is 4. The Morgan fingerprint density at radius 3 is 2.38 bits per heavy atom. The lowest BCUT2D eigenvalue weighted by molar-refractivity contribution is 0.0682. The van der Waals surface area contributed by atoms with E-state index < -0.39 is 5.97 Å². The van der Waals surface area contributed by atoms with Gasteiger partial charge in [0.15, 0.2) is 0 Å². The first-order valence-corrected chi connectivity index (χ1v) is 9.37. The standard InChI is InChI=1S/C20H20ClNO3S/c1-20(2,3)26-18-15-10-14(23)8-9-16(15)22(17(18)19(24)25)11-12-4-6-13(21)7-5-12/h4-10,23H,11H2,1-3H3,(H,24,25). The summed E-state index contributed by atoms with van der Waals surface area (Å²) in [6, 6.07) is 12.3. The van der Waals surface area contributed by atoms with Crippen molar-refractivity contribution in [2.45, 2.75) is 37.0 Å². The Hall–Kier alpha value is -2.11. The molecule has 0 saturated heterocycles. The second kappa shape index (κ2) is 6.89. The van der Waals surface area contributed by atoms with Crippen LogP contribution in [0.1, 0.15) is 36.8 Å². The third-order valence-corrected chi connectivity index (χ3v) is 5.35. The van der Waals surface area contributed by atoms with Gasteiger partial charge in [0, 0.05) is 26.6 Å². The van der Waals surface area contributed by atoms with E-state index in [2.05, 4.69) is 0 Å². The third kappa shape index (κ3) is 3.84. The Morgan fingerprint density at radius 2 is 1.81 bits per heavy atom. The number of nitrogens with zero attached hydrogens (tertiary/aromatic N) is 1. The number of carboxylic acids is 1. The van der Waals surface area contributed by atoms with E-state index in [1.807, 2.05) is 32.9 Å². The molecule has 0 radical (unpaired) electrons. The van der Waals surface area contributed by atoms with Gasteiger partial charge in [-0.05, 0) is 35.9 Å².